The van der Waals surface area contributed by atoms with Crippen LogP contribution < -0.4 is 5.32 Å². The van der Waals surface area contributed by atoms with Crippen LogP contribution in [-0.2, 0) is 0 Å². The van der Waals surface area contributed by atoms with Crippen molar-refractivity contribution in [3.05, 3.63) is 27.3 Å². The number of rotatable bonds is 2. The van der Waals surface area contributed by atoms with E-state index in [2.05, 4.69) is 27.9 Å². The summed E-state index contributed by atoms with van der Waals surface area (Å²) < 4.78 is 0.925. The van der Waals surface area contributed by atoms with E-state index in [1.165, 1.54) is 19.3 Å². The van der Waals surface area contributed by atoms with Crippen LogP contribution in [0.3, 0.4) is 0 Å². The molecular weight excluding hydrogens is 329 g/mol. The topological polar surface area (TPSA) is 49.3 Å². The number of aromatic hydroxyl groups is 1. The Bertz CT molecular complexity index is 414. The minimum absolute atomic E-state index is 0.0604. The Morgan fingerprint density at radius 3 is 2.65 bits per heavy atom. The van der Waals surface area contributed by atoms with Crippen molar-refractivity contribution in [3.8, 4) is 5.75 Å². The lowest BCUT2D eigenvalue weighted by Gasteiger charge is -2.22. The molecule has 0 spiro atoms. The van der Waals surface area contributed by atoms with Gasteiger partial charge in [-0.1, -0.05) is 19.3 Å². The molecule has 0 atom stereocenters. The van der Waals surface area contributed by atoms with Crippen LogP contribution in [0.25, 0.3) is 0 Å². The fraction of sp³-hybridized carbons (Fsp3) is 0.462. The number of carbonyl (C=O) groups excluding carboxylic acids is 1. The summed E-state index contributed by atoms with van der Waals surface area (Å²) >= 11 is 2.11. The molecule has 0 bridgehead atoms. The number of phenolic OH excluding ortho intramolecular Hbond substituents is 1. The average Bonchev–Trinajstić information content (AvgIpc) is 2.30. The third-order valence-corrected chi connectivity index (χ3v) is 3.82. The second-order valence-electron chi connectivity index (χ2n) is 4.47. The Morgan fingerprint density at radius 2 is 2.00 bits per heavy atom. The van der Waals surface area contributed by atoms with Crippen molar-refractivity contribution in [2.45, 2.75) is 38.1 Å². The van der Waals surface area contributed by atoms with Gasteiger partial charge in [-0.15, -0.1) is 0 Å². The largest absolute Gasteiger partial charge is 0.507 e. The van der Waals surface area contributed by atoms with Gasteiger partial charge in [-0.05, 0) is 53.6 Å². The Balaban J connectivity index is 2.03. The highest BCUT2D eigenvalue weighted by molar-refractivity contribution is 14.1. The molecule has 0 aliphatic heterocycles. The third-order valence-electron chi connectivity index (χ3n) is 3.14. The van der Waals surface area contributed by atoms with Gasteiger partial charge in [0, 0.05) is 9.61 Å². The van der Waals surface area contributed by atoms with Gasteiger partial charge in [0.05, 0.1) is 5.56 Å². The zero-order valence-corrected chi connectivity index (χ0v) is 11.7. The molecule has 1 fully saturated rings. The smallest absolute Gasteiger partial charge is 0.255 e. The Kier molecular flexibility index (Phi) is 4.25. The average molecular weight is 345 g/mol. The predicted octanol–water partition coefficient (Wildman–Crippen LogP) is 3.06. The van der Waals surface area contributed by atoms with E-state index in [-0.39, 0.29) is 17.7 Å². The van der Waals surface area contributed by atoms with Gasteiger partial charge in [0.1, 0.15) is 5.75 Å². The Labute approximate surface area is 115 Å². The summed E-state index contributed by atoms with van der Waals surface area (Å²) in [5, 5.41) is 12.7. The molecule has 1 aliphatic carbocycles. The number of carbonyl (C=O) groups is 1. The minimum atomic E-state index is -0.161. The van der Waals surface area contributed by atoms with Gasteiger partial charge < -0.3 is 10.4 Å². The summed E-state index contributed by atoms with van der Waals surface area (Å²) in [5.74, 6) is -0.101. The van der Waals surface area contributed by atoms with Gasteiger partial charge in [0.2, 0.25) is 0 Å². The summed E-state index contributed by atoms with van der Waals surface area (Å²) in [4.78, 5) is 12.0. The number of halogens is 1. The summed E-state index contributed by atoms with van der Waals surface area (Å²) in [5.41, 5.74) is 0.371. The molecule has 2 rings (SSSR count). The number of hydrogen-bond donors (Lipinski definition) is 2. The van der Waals surface area contributed by atoms with Crippen LogP contribution in [0.4, 0.5) is 0 Å². The van der Waals surface area contributed by atoms with Crippen molar-refractivity contribution < 1.29 is 9.90 Å². The second kappa shape index (κ2) is 5.71. The first-order valence-electron chi connectivity index (χ1n) is 5.96. The lowest BCUT2D eigenvalue weighted by Crippen LogP contribution is -2.36. The van der Waals surface area contributed by atoms with Gasteiger partial charge >= 0.3 is 0 Å². The van der Waals surface area contributed by atoms with Crippen molar-refractivity contribution in [2.75, 3.05) is 0 Å². The molecule has 1 saturated carbocycles. The van der Waals surface area contributed by atoms with Crippen molar-refractivity contribution in [1.29, 1.82) is 0 Å². The zero-order valence-electron chi connectivity index (χ0n) is 9.58. The normalized spacial score (nSPS) is 16.8. The molecule has 4 heteroatoms. The SMILES string of the molecule is O=C(NC1CCCCC1)c1ccc(I)cc1O. The lowest BCUT2D eigenvalue weighted by molar-refractivity contribution is 0.0925. The summed E-state index contributed by atoms with van der Waals surface area (Å²) in [6, 6.07) is 5.39. The van der Waals surface area contributed by atoms with Gasteiger partial charge in [-0.25, -0.2) is 0 Å². The molecule has 1 aromatic carbocycles. The van der Waals surface area contributed by atoms with Gasteiger partial charge in [0.15, 0.2) is 0 Å². The number of phenols is 1. The molecule has 0 aromatic heterocycles. The van der Waals surface area contributed by atoms with Crippen LogP contribution in [0.2, 0.25) is 0 Å². The van der Waals surface area contributed by atoms with E-state index in [1.807, 2.05) is 6.07 Å². The molecule has 1 amide bonds. The molecule has 17 heavy (non-hydrogen) atoms. The standard InChI is InChI=1S/C13H16INO2/c14-9-6-7-11(12(16)8-9)13(17)15-10-4-2-1-3-5-10/h6-8,10,16H,1-5H2,(H,15,17). The molecule has 1 aliphatic rings. The number of amides is 1. The van der Waals surface area contributed by atoms with Crippen LogP contribution >= 0.6 is 22.6 Å². The summed E-state index contributed by atoms with van der Waals surface area (Å²) in [6.45, 7) is 0. The fourth-order valence-corrected chi connectivity index (χ4v) is 2.68. The monoisotopic (exact) mass is 345 g/mol. The van der Waals surface area contributed by atoms with E-state index in [1.54, 1.807) is 12.1 Å². The Hall–Kier alpha value is -0.780. The van der Waals surface area contributed by atoms with E-state index in [9.17, 15) is 9.90 Å². The van der Waals surface area contributed by atoms with Crippen molar-refractivity contribution in [1.82, 2.24) is 5.32 Å². The van der Waals surface area contributed by atoms with Crippen molar-refractivity contribution in [2.24, 2.45) is 0 Å². The van der Waals surface area contributed by atoms with Gasteiger partial charge in [-0.3, -0.25) is 4.79 Å². The maximum atomic E-state index is 12.0. The quantitative estimate of drug-likeness (QED) is 0.810. The van der Waals surface area contributed by atoms with E-state index in [0.717, 1.165) is 16.4 Å². The number of benzene rings is 1. The maximum Gasteiger partial charge on any atom is 0.255 e. The molecule has 3 nitrogen and oxygen atoms in total. The van der Waals surface area contributed by atoms with Crippen molar-refractivity contribution in [3.63, 3.8) is 0 Å². The summed E-state index contributed by atoms with van der Waals surface area (Å²) in [7, 11) is 0. The molecule has 0 heterocycles. The zero-order chi connectivity index (χ0) is 12.3. The van der Waals surface area contributed by atoms with Gasteiger partial charge in [-0.2, -0.15) is 0 Å². The van der Waals surface area contributed by atoms with Crippen LogP contribution in [0, 0.1) is 3.57 Å². The van der Waals surface area contributed by atoms with Crippen LogP contribution in [-0.4, -0.2) is 17.1 Å². The number of nitrogens with one attached hydrogen (secondary N) is 1. The molecule has 1 aromatic rings. The first-order chi connectivity index (χ1) is 8.16. The highest BCUT2D eigenvalue weighted by Gasteiger charge is 2.18. The van der Waals surface area contributed by atoms with E-state index < -0.39 is 0 Å². The highest BCUT2D eigenvalue weighted by Crippen LogP contribution is 2.22. The van der Waals surface area contributed by atoms with E-state index in [4.69, 9.17) is 0 Å². The van der Waals surface area contributed by atoms with Crippen LogP contribution in [0.1, 0.15) is 42.5 Å². The molecule has 0 saturated heterocycles. The van der Waals surface area contributed by atoms with E-state index in [0.29, 0.717) is 5.56 Å². The first-order valence-corrected chi connectivity index (χ1v) is 7.04. The highest BCUT2D eigenvalue weighted by atomic mass is 127. The Morgan fingerprint density at radius 1 is 1.29 bits per heavy atom. The molecular formula is C13H16INO2. The predicted molar refractivity (Wildman–Crippen MR) is 75.2 cm³/mol. The van der Waals surface area contributed by atoms with Crippen LogP contribution in [0.5, 0.6) is 5.75 Å². The first kappa shape index (κ1) is 12.7. The second-order valence-corrected chi connectivity index (χ2v) is 5.72. The number of hydrogen-bond acceptors (Lipinski definition) is 2. The van der Waals surface area contributed by atoms with Gasteiger partial charge in [0.25, 0.3) is 5.91 Å². The summed E-state index contributed by atoms with van der Waals surface area (Å²) in [6.07, 6.45) is 5.74. The molecule has 2 N–H and O–H groups in total. The maximum absolute atomic E-state index is 12.0. The fourth-order valence-electron chi connectivity index (χ4n) is 2.21. The molecule has 0 unspecified atom stereocenters. The molecule has 92 valence electrons. The minimum Gasteiger partial charge on any atom is -0.507 e. The lowest BCUT2D eigenvalue weighted by atomic mass is 9.95. The van der Waals surface area contributed by atoms with Crippen molar-refractivity contribution >= 4 is 28.5 Å². The van der Waals surface area contributed by atoms with E-state index >= 15 is 0 Å². The third kappa shape index (κ3) is 3.34. The van der Waals surface area contributed by atoms with Crippen LogP contribution in [0.15, 0.2) is 18.2 Å². The molecule has 0 radical (unpaired) electrons.